The summed E-state index contributed by atoms with van der Waals surface area (Å²) in [4.78, 5) is 2.29. The molecule has 0 aliphatic carbocycles. The van der Waals surface area contributed by atoms with Crippen molar-refractivity contribution >= 4 is 11.4 Å². The summed E-state index contributed by atoms with van der Waals surface area (Å²) in [6.07, 6.45) is 1.87. The molecule has 5 nitrogen and oxygen atoms in total. The van der Waals surface area contributed by atoms with Crippen LogP contribution in [0.5, 0.6) is 5.75 Å². The van der Waals surface area contributed by atoms with E-state index in [2.05, 4.69) is 11.0 Å². The minimum atomic E-state index is -0.350. The summed E-state index contributed by atoms with van der Waals surface area (Å²) in [6, 6.07) is 5.97. The molecule has 2 aliphatic heterocycles. The Hall–Kier alpha value is -1.46. The van der Waals surface area contributed by atoms with Gasteiger partial charge in [-0.15, -0.1) is 0 Å². The lowest BCUT2D eigenvalue weighted by molar-refractivity contribution is -0.169. The number of para-hydroxylation sites is 1. The van der Waals surface area contributed by atoms with Crippen LogP contribution in [0.25, 0.3) is 0 Å². The second kappa shape index (κ2) is 5.73. The number of nitrogens with zero attached hydrogens (tertiary/aromatic N) is 1. The van der Waals surface area contributed by atoms with Gasteiger partial charge in [0, 0.05) is 25.9 Å². The third-order valence-electron chi connectivity index (χ3n) is 4.09. The van der Waals surface area contributed by atoms with Gasteiger partial charge in [-0.25, -0.2) is 0 Å². The van der Waals surface area contributed by atoms with E-state index in [4.69, 9.17) is 19.9 Å². The molecular weight excluding hydrogens is 268 g/mol. The fourth-order valence-corrected chi connectivity index (χ4v) is 3.04. The van der Waals surface area contributed by atoms with E-state index in [0.29, 0.717) is 13.2 Å². The Kier molecular flexibility index (Phi) is 3.95. The second-order valence-electron chi connectivity index (χ2n) is 5.95. The zero-order valence-corrected chi connectivity index (χ0v) is 12.8. The Morgan fingerprint density at radius 1 is 1.19 bits per heavy atom. The van der Waals surface area contributed by atoms with Crippen LogP contribution in [0.15, 0.2) is 18.2 Å². The van der Waals surface area contributed by atoms with Gasteiger partial charge in [-0.05, 0) is 26.0 Å². The largest absolute Gasteiger partial charge is 0.489 e. The van der Waals surface area contributed by atoms with Crippen LogP contribution in [-0.2, 0) is 9.47 Å². The zero-order valence-electron chi connectivity index (χ0n) is 12.8. The predicted octanol–water partition coefficient (Wildman–Crippen LogP) is 2.40. The van der Waals surface area contributed by atoms with Crippen molar-refractivity contribution in [1.82, 2.24) is 0 Å². The number of rotatable bonds is 3. The van der Waals surface area contributed by atoms with Crippen LogP contribution in [-0.4, -0.2) is 38.2 Å². The Morgan fingerprint density at radius 3 is 2.48 bits per heavy atom. The van der Waals surface area contributed by atoms with Gasteiger partial charge in [0.2, 0.25) is 0 Å². The summed E-state index contributed by atoms with van der Waals surface area (Å²) >= 11 is 0. The molecule has 0 saturated carbocycles. The van der Waals surface area contributed by atoms with Crippen LogP contribution >= 0.6 is 0 Å². The molecule has 0 unspecified atom stereocenters. The Balaban J connectivity index is 1.73. The molecule has 5 heteroatoms. The summed E-state index contributed by atoms with van der Waals surface area (Å²) in [6.45, 7) is 7.20. The average molecular weight is 292 g/mol. The second-order valence-corrected chi connectivity index (χ2v) is 5.95. The van der Waals surface area contributed by atoms with Gasteiger partial charge in [0.15, 0.2) is 5.79 Å². The fourth-order valence-electron chi connectivity index (χ4n) is 3.04. The maximum atomic E-state index is 6.28. The van der Waals surface area contributed by atoms with E-state index in [-0.39, 0.29) is 11.9 Å². The first kappa shape index (κ1) is 14.5. The first-order valence-electron chi connectivity index (χ1n) is 7.68. The molecule has 0 radical (unpaired) electrons. The van der Waals surface area contributed by atoms with Gasteiger partial charge < -0.3 is 24.8 Å². The van der Waals surface area contributed by atoms with Crippen LogP contribution in [0, 0.1) is 0 Å². The molecule has 21 heavy (non-hydrogen) atoms. The predicted molar refractivity (Wildman–Crippen MR) is 82.7 cm³/mol. The third kappa shape index (κ3) is 2.94. The molecule has 116 valence electrons. The topological polar surface area (TPSA) is 57.0 Å². The van der Waals surface area contributed by atoms with Crippen molar-refractivity contribution in [2.75, 3.05) is 36.9 Å². The van der Waals surface area contributed by atoms with Crippen LogP contribution < -0.4 is 15.4 Å². The standard InChI is InChI=1S/C16H24N2O3/c1-12(2)21-14-5-3-4-13(15(14)17)18-8-6-16(7-9-18)19-10-11-20-16/h3-5,12H,6-11,17H2,1-2H3. The van der Waals surface area contributed by atoms with Gasteiger partial charge in [-0.3, -0.25) is 0 Å². The maximum Gasteiger partial charge on any atom is 0.171 e. The van der Waals surface area contributed by atoms with E-state index >= 15 is 0 Å². The van der Waals surface area contributed by atoms with E-state index in [9.17, 15) is 0 Å². The van der Waals surface area contributed by atoms with Crippen molar-refractivity contribution in [2.45, 2.75) is 38.6 Å². The minimum absolute atomic E-state index is 0.118. The lowest BCUT2D eigenvalue weighted by Gasteiger charge is -2.39. The molecule has 1 spiro atoms. The monoisotopic (exact) mass is 292 g/mol. The molecule has 2 fully saturated rings. The molecule has 3 rings (SSSR count). The lowest BCUT2D eigenvalue weighted by Crippen LogP contribution is -2.45. The number of nitrogens with two attached hydrogens (primary N) is 1. The maximum absolute atomic E-state index is 6.28. The highest BCUT2D eigenvalue weighted by molar-refractivity contribution is 5.74. The molecular formula is C16H24N2O3. The number of benzene rings is 1. The van der Waals surface area contributed by atoms with Crippen LogP contribution in [0.4, 0.5) is 11.4 Å². The SMILES string of the molecule is CC(C)Oc1cccc(N2CCC3(CC2)OCCO3)c1N. The van der Waals surface area contributed by atoms with Gasteiger partial charge in [0.1, 0.15) is 5.75 Å². The Morgan fingerprint density at radius 2 is 1.86 bits per heavy atom. The highest BCUT2D eigenvalue weighted by Gasteiger charge is 2.40. The number of anilines is 2. The van der Waals surface area contributed by atoms with E-state index in [1.165, 1.54) is 0 Å². The van der Waals surface area contributed by atoms with Crippen molar-refractivity contribution in [1.29, 1.82) is 0 Å². The fraction of sp³-hybridized carbons (Fsp3) is 0.625. The Bertz CT molecular complexity index is 488. The van der Waals surface area contributed by atoms with Crippen LogP contribution in [0.2, 0.25) is 0 Å². The van der Waals surface area contributed by atoms with Crippen molar-refractivity contribution in [2.24, 2.45) is 0 Å². The summed E-state index contributed by atoms with van der Waals surface area (Å²) < 4.78 is 17.3. The van der Waals surface area contributed by atoms with E-state index in [1.807, 2.05) is 26.0 Å². The average Bonchev–Trinajstić information content (AvgIpc) is 2.90. The molecule has 0 bridgehead atoms. The number of nitrogen functional groups attached to an aromatic ring is 1. The molecule has 0 atom stereocenters. The zero-order chi connectivity index (χ0) is 14.9. The van der Waals surface area contributed by atoms with Crippen molar-refractivity contribution in [3.63, 3.8) is 0 Å². The molecule has 2 saturated heterocycles. The molecule has 1 aromatic rings. The minimum Gasteiger partial charge on any atom is -0.489 e. The normalized spacial score (nSPS) is 21.2. The highest BCUT2D eigenvalue weighted by atomic mass is 16.7. The van der Waals surface area contributed by atoms with Gasteiger partial charge in [-0.1, -0.05) is 6.07 Å². The van der Waals surface area contributed by atoms with Crippen molar-refractivity contribution in [3.05, 3.63) is 18.2 Å². The van der Waals surface area contributed by atoms with Gasteiger partial charge in [-0.2, -0.15) is 0 Å². The number of piperidine rings is 1. The lowest BCUT2D eigenvalue weighted by atomic mass is 10.0. The molecule has 1 aromatic carbocycles. The van der Waals surface area contributed by atoms with E-state index in [1.54, 1.807) is 0 Å². The number of ether oxygens (including phenoxy) is 3. The van der Waals surface area contributed by atoms with Crippen molar-refractivity contribution in [3.8, 4) is 5.75 Å². The highest BCUT2D eigenvalue weighted by Crippen LogP contribution is 2.37. The molecule has 0 aromatic heterocycles. The molecule has 2 N–H and O–H groups in total. The number of hydrogen-bond acceptors (Lipinski definition) is 5. The summed E-state index contributed by atoms with van der Waals surface area (Å²) in [7, 11) is 0. The van der Waals surface area contributed by atoms with Gasteiger partial charge >= 0.3 is 0 Å². The van der Waals surface area contributed by atoms with E-state index < -0.39 is 0 Å². The van der Waals surface area contributed by atoms with Gasteiger partial charge in [0.05, 0.1) is 30.7 Å². The van der Waals surface area contributed by atoms with E-state index in [0.717, 1.165) is 43.1 Å². The van der Waals surface area contributed by atoms with Gasteiger partial charge in [0.25, 0.3) is 0 Å². The summed E-state index contributed by atoms with van der Waals surface area (Å²) in [5.74, 6) is 0.410. The first-order chi connectivity index (χ1) is 10.1. The number of hydrogen-bond donors (Lipinski definition) is 1. The summed E-state index contributed by atoms with van der Waals surface area (Å²) in [5, 5.41) is 0. The smallest absolute Gasteiger partial charge is 0.171 e. The van der Waals surface area contributed by atoms with Crippen LogP contribution in [0.3, 0.4) is 0 Å². The first-order valence-corrected chi connectivity index (χ1v) is 7.68. The molecule has 2 aliphatic rings. The molecule has 0 amide bonds. The third-order valence-corrected chi connectivity index (χ3v) is 4.09. The quantitative estimate of drug-likeness (QED) is 0.867. The molecule has 2 heterocycles. The summed E-state index contributed by atoms with van der Waals surface area (Å²) in [5.41, 5.74) is 8.04. The van der Waals surface area contributed by atoms with Crippen LogP contribution in [0.1, 0.15) is 26.7 Å². The Labute approximate surface area is 126 Å². The van der Waals surface area contributed by atoms with Crippen molar-refractivity contribution < 1.29 is 14.2 Å².